The van der Waals surface area contributed by atoms with Gasteiger partial charge in [-0.3, -0.25) is 4.79 Å². The number of fused-ring (bicyclic) bond motifs is 1. The van der Waals surface area contributed by atoms with Crippen LogP contribution in [0.2, 0.25) is 0 Å². The third-order valence-corrected chi connectivity index (χ3v) is 4.82. The second kappa shape index (κ2) is 7.96. The maximum atomic E-state index is 12.9. The van der Waals surface area contributed by atoms with Crippen LogP contribution in [0.1, 0.15) is 22.3 Å². The van der Waals surface area contributed by atoms with Crippen LogP contribution in [-0.2, 0) is 17.8 Å². The average Bonchev–Trinajstić information content (AvgIpc) is 2.71. The van der Waals surface area contributed by atoms with Crippen molar-refractivity contribution in [3.8, 4) is 17.6 Å². The molecular formula is C22H22N2O3. The second-order valence-corrected chi connectivity index (χ2v) is 6.48. The van der Waals surface area contributed by atoms with E-state index >= 15 is 0 Å². The third kappa shape index (κ3) is 3.80. The molecule has 138 valence electrons. The second-order valence-electron chi connectivity index (χ2n) is 6.48. The molecule has 0 aliphatic carbocycles. The van der Waals surface area contributed by atoms with Crippen LogP contribution in [0, 0.1) is 18.3 Å². The molecule has 0 saturated carbocycles. The van der Waals surface area contributed by atoms with E-state index in [1.54, 1.807) is 31.3 Å². The van der Waals surface area contributed by atoms with Gasteiger partial charge in [-0.05, 0) is 48.2 Å². The van der Waals surface area contributed by atoms with Gasteiger partial charge >= 0.3 is 0 Å². The highest BCUT2D eigenvalue weighted by Gasteiger charge is 2.23. The minimum atomic E-state index is -0.270. The van der Waals surface area contributed by atoms with Gasteiger partial charge in [0.2, 0.25) is 0 Å². The molecule has 0 bridgehead atoms. The molecule has 1 amide bonds. The Morgan fingerprint density at radius 2 is 1.85 bits per heavy atom. The summed E-state index contributed by atoms with van der Waals surface area (Å²) in [5, 5.41) is 9.59. The molecule has 0 saturated heterocycles. The Bertz CT molecular complexity index is 941. The lowest BCUT2D eigenvalue weighted by molar-refractivity contribution is -0.127. The summed E-state index contributed by atoms with van der Waals surface area (Å²) in [7, 11) is 3.15. The zero-order valence-corrected chi connectivity index (χ0v) is 15.8. The molecule has 0 aromatic heterocycles. The molecule has 1 aliphatic heterocycles. The number of methoxy groups -OCH3 is 2. The number of nitriles is 1. The van der Waals surface area contributed by atoms with Crippen molar-refractivity contribution in [2.45, 2.75) is 19.9 Å². The highest BCUT2D eigenvalue weighted by Crippen LogP contribution is 2.30. The average molecular weight is 362 g/mol. The van der Waals surface area contributed by atoms with Gasteiger partial charge in [0.1, 0.15) is 23.1 Å². The van der Waals surface area contributed by atoms with Gasteiger partial charge in [-0.1, -0.05) is 24.3 Å². The van der Waals surface area contributed by atoms with Crippen LogP contribution in [0.25, 0.3) is 6.08 Å². The molecule has 5 nitrogen and oxygen atoms in total. The van der Waals surface area contributed by atoms with E-state index in [1.807, 2.05) is 37.3 Å². The Morgan fingerprint density at radius 3 is 2.52 bits per heavy atom. The lowest BCUT2D eigenvalue weighted by Gasteiger charge is -2.28. The van der Waals surface area contributed by atoms with Gasteiger partial charge in [0.15, 0.2) is 0 Å². The maximum absolute atomic E-state index is 12.9. The number of amides is 1. The van der Waals surface area contributed by atoms with Crippen LogP contribution >= 0.6 is 0 Å². The van der Waals surface area contributed by atoms with Gasteiger partial charge in [-0.15, -0.1) is 0 Å². The summed E-state index contributed by atoms with van der Waals surface area (Å²) in [5.74, 6) is 1.00. The number of hydrogen-bond donors (Lipinski definition) is 0. The van der Waals surface area contributed by atoms with Gasteiger partial charge in [0.05, 0.1) is 14.2 Å². The Kier molecular flexibility index (Phi) is 5.46. The van der Waals surface area contributed by atoms with E-state index in [0.29, 0.717) is 30.2 Å². The number of hydrogen-bond acceptors (Lipinski definition) is 4. The van der Waals surface area contributed by atoms with Crippen molar-refractivity contribution in [3.63, 3.8) is 0 Å². The van der Waals surface area contributed by atoms with Crippen molar-refractivity contribution in [1.29, 1.82) is 5.26 Å². The number of rotatable bonds is 4. The van der Waals surface area contributed by atoms with Gasteiger partial charge < -0.3 is 14.4 Å². The van der Waals surface area contributed by atoms with Crippen molar-refractivity contribution in [1.82, 2.24) is 4.90 Å². The summed E-state index contributed by atoms with van der Waals surface area (Å²) in [6, 6.07) is 13.8. The van der Waals surface area contributed by atoms with E-state index < -0.39 is 0 Å². The molecule has 0 spiro atoms. The summed E-state index contributed by atoms with van der Waals surface area (Å²) in [4.78, 5) is 14.6. The summed E-state index contributed by atoms with van der Waals surface area (Å²) < 4.78 is 10.8. The van der Waals surface area contributed by atoms with E-state index in [-0.39, 0.29) is 11.5 Å². The number of aryl methyl sites for hydroxylation is 1. The Hall–Kier alpha value is -3.26. The quantitative estimate of drug-likeness (QED) is 0.617. The zero-order valence-electron chi connectivity index (χ0n) is 15.8. The normalized spacial score (nSPS) is 13.6. The first kappa shape index (κ1) is 18.5. The largest absolute Gasteiger partial charge is 0.496 e. The van der Waals surface area contributed by atoms with Gasteiger partial charge in [0, 0.05) is 18.7 Å². The van der Waals surface area contributed by atoms with E-state index in [2.05, 4.69) is 6.07 Å². The fraction of sp³-hybridized carbons (Fsp3) is 0.273. The number of ether oxygens (including phenoxy) is 2. The Morgan fingerprint density at radius 1 is 1.15 bits per heavy atom. The molecular weight excluding hydrogens is 340 g/mol. The molecule has 0 fully saturated rings. The van der Waals surface area contributed by atoms with Crippen LogP contribution in [0.15, 0.2) is 42.0 Å². The standard InChI is InChI=1S/C22H22N2O3/c1-15-10-21(27-3)18(12-20(15)26-2)11-19(13-23)22(25)24-9-8-16-6-4-5-7-17(16)14-24/h4-7,10-12H,8-9,14H2,1-3H3/b19-11+. The number of benzene rings is 2. The van der Waals surface area contributed by atoms with Crippen molar-refractivity contribution in [2.24, 2.45) is 0 Å². The summed E-state index contributed by atoms with van der Waals surface area (Å²) in [6.45, 7) is 3.03. The van der Waals surface area contributed by atoms with Crippen LogP contribution in [0.5, 0.6) is 11.5 Å². The maximum Gasteiger partial charge on any atom is 0.264 e. The van der Waals surface area contributed by atoms with E-state index in [0.717, 1.165) is 17.5 Å². The van der Waals surface area contributed by atoms with Crippen molar-refractivity contribution in [2.75, 3.05) is 20.8 Å². The highest BCUT2D eigenvalue weighted by molar-refractivity contribution is 6.02. The third-order valence-electron chi connectivity index (χ3n) is 4.82. The van der Waals surface area contributed by atoms with Crippen LogP contribution < -0.4 is 9.47 Å². The first-order valence-electron chi connectivity index (χ1n) is 8.78. The minimum absolute atomic E-state index is 0.0820. The topological polar surface area (TPSA) is 62.6 Å². The van der Waals surface area contributed by atoms with Crippen LogP contribution in [0.3, 0.4) is 0 Å². The molecule has 5 heteroatoms. The van der Waals surface area contributed by atoms with Crippen molar-refractivity contribution in [3.05, 3.63) is 64.2 Å². The number of carbonyl (C=O) groups excluding carboxylic acids is 1. The van der Waals surface area contributed by atoms with E-state index in [4.69, 9.17) is 9.47 Å². The van der Waals surface area contributed by atoms with Gasteiger partial charge in [0.25, 0.3) is 5.91 Å². The monoisotopic (exact) mass is 362 g/mol. The number of carbonyl (C=O) groups is 1. The molecule has 1 aliphatic rings. The van der Waals surface area contributed by atoms with Crippen molar-refractivity contribution >= 4 is 12.0 Å². The van der Waals surface area contributed by atoms with E-state index in [1.165, 1.54) is 5.56 Å². The first-order valence-corrected chi connectivity index (χ1v) is 8.78. The van der Waals surface area contributed by atoms with Gasteiger partial charge in [-0.25, -0.2) is 0 Å². The molecule has 3 rings (SSSR count). The Balaban J connectivity index is 1.91. The Labute approximate surface area is 159 Å². The first-order chi connectivity index (χ1) is 13.1. The molecule has 2 aromatic rings. The lowest BCUT2D eigenvalue weighted by atomic mass is 9.99. The lowest BCUT2D eigenvalue weighted by Crippen LogP contribution is -2.36. The van der Waals surface area contributed by atoms with E-state index in [9.17, 15) is 10.1 Å². The zero-order chi connectivity index (χ0) is 19.4. The molecule has 0 N–H and O–H groups in total. The fourth-order valence-electron chi connectivity index (χ4n) is 3.32. The smallest absolute Gasteiger partial charge is 0.264 e. The predicted octanol–water partition coefficient (Wildman–Crippen LogP) is 3.50. The molecule has 1 heterocycles. The molecule has 0 atom stereocenters. The van der Waals surface area contributed by atoms with Crippen molar-refractivity contribution < 1.29 is 14.3 Å². The molecule has 27 heavy (non-hydrogen) atoms. The minimum Gasteiger partial charge on any atom is -0.496 e. The molecule has 0 unspecified atom stereocenters. The molecule has 2 aromatic carbocycles. The fourth-order valence-corrected chi connectivity index (χ4v) is 3.32. The van der Waals surface area contributed by atoms with Crippen LogP contribution in [0.4, 0.5) is 0 Å². The predicted molar refractivity (Wildman–Crippen MR) is 103 cm³/mol. The molecule has 0 radical (unpaired) electrons. The number of nitrogens with zero attached hydrogens (tertiary/aromatic N) is 2. The highest BCUT2D eigenvalue weighted by atomic mass is 16.5. The van der Waals surface area contributed by atoms with Gasteiger partial charge in [-0.2, -0.15) is 5.26 Å². The summed E-state index contributed by atoms with van der Waals surface area (Å²) in [6.07, 6.45) is 2.37. The summed E-state index contributed by atoms with van der Waals surface area (Å²) >= 11 is 0. The van der Waals surface area contributed by atoms with Crippen LogP contribution in [-0.4, -0.2) is 31.6 Å². The summed E-state index contributed by atoms with van der Waals surface area (Å²) in [5.41, 5.74) is 4.03. The SMILES string of the molecule is COc1cc(/C=C(\C#N)C(=O)N2CCc3ccccc3C2)c(OC)cc1C.